The Morgan fingerprint density at radius 3 is 2.38 bits per heavy atom. The largest absolute Gasteiger partial charge is 0.481 e. The molecule has 24 heavy (non-hydrogen) atoms. The Bertz CT molecular complexity index is 448. The monoisotopic (exact) mass is 344 g/mol. The lowest BCUT2D eigenvalue weighted by molar-refractivity contribution is -0.151. The minimum atomic E-state index is -1.23. The molecule has 138 valence electrons. The number of carbonyl (C=O) groups excluding carboxylic acids is 2. The molecule has 0 heterocycles. The van der Waals surface area contributed by atoms with E-state index >= 15 is 0 Å². The zero-order valence-corrected chi connectivity index (χ0v) is 14.4. The second-order valence-corrected chi connectivity index (χ2v) is 6.20. The van der Waals surface area contributed by atoms with Crippen LogP contribution in [0.3, 0.4) is 0 Å². The molecule has 1 aliphatic rings. The minimum absolute atomic E-state index is 0.0218. The molecule has 0 aromatic carbocycles. The van der Waals surface area contributed by atoms with Crippen LogP contribution < -0.4 is 11.1 Å². The molecule has 1 saturated carbocycles. The number of rotatable bonds is 9. The van der Waals surface area contributed by atoms with E-state index in [9.17, 15) is 14.4 Å². The molecule has 0 saturated heterocycles. The van der Waals surface area contributed by atoms with Crippen molar-refractivity contribution in [3.63, 3.8) is 0 Å². The summed E-state index contributed by atoms with van der Waals surface area (Å²) in [6.07, 6.45) is 5.48. The van der Waals surface area contributed by atoms with E-state index in [1.54, 1.807) is 0 Å². The van der Waals surface area contributed by atoms with E-state index in [4.69, 9.17) is 15.6 Å². The van der Waals surface area contributed by atoms with Crippen molar-refractivity contribution in [1.29, 1.82) is 0 Å². The molecule has 8 nitrogen and oxygen atoms in total. The summed E-state index contributed by atoms with van der Waals surface area (Å²) in [5.74, 6) is -2.55. The molecule has 0 radical (unpaired) electrons. The number of amides is 1. The number of aliphatic carboxylic acids is 1. The van der Waals surface area contributed by atoms with Crippen LogP contribution in [-0.4, -0.2) is 54.4 Å². The van der Waals surface area contributed by atoms with Crippen LogP contribution in [0.25, 0.3) is 0 Å². The quantitative estimate of drug-likeness (QED) is 0.522. The molecule has 8 heteroatoms. The van der Waals surface area contributed by atoms with Crippen molar-refractivity contribution < 1.29 is 29.0 Å². The van der Waals surface area contributed by atoms with E-state index in [0.717, 1.165) is 32.1 Å². The van der Waals surface area contributed by atoms with Crippen LogP contribution in [0.15, 0.2) is 0 Å². The molecule has 1 rings (SSSR count). The Morgan fingerprint density at radius 2 is 1.88 bits per heavy atom. The Balaban J connectivity index is 2.66. The number of esters is 1. The smallest absolute Gasteiger partial charge is 0.330 e. The van der Waals surface area contributed by atoms with Gasteiger partial charge in [0.1, 0.15) is 0 Å². The number of methoxy groups -OCH3 is 1. The van der Waals surface area contributed by atoms with Crippen LogP contribution in [0.2, 0.25) is 0 Å². The molecule has 0 unspecified atom stereocenters. The summed E-state index contributed by atoms with van der Waals surface area (Å²) in [5, 5.41) is 11.1. The summed E-state index contributed by atoms with van der Waals surface area (Å²) in [7, 11) is 1.22. The Hall–Kier alpha value is -1.67. The molecular formula is C16H28N2O6. The Kier molecular flexibility index (Phi) is 8.14. The van der Waals surface area contributed by atoms with Gasteiger partial charge in [0, 0.05) is 0 Å². The van der Waals surface area contributed by atoms with E-state index in [2.05, 4.69) is 10.1 Å². The van der Waals surface area contributed by atoms with Crippen molar-refractivity contribution in [3.05, 3.63) is 0 Å². The van der Waals surface area contributed by atoms with Gasteiger partial charge in [0.15, 0.2) is 6.04 Å². The number of nitrogens with two attached hydrogens (primary N) is 1. The molecule has 0 aliphatic heterocycles. The van der Waals surface area contributed by atoms with Crippen LogP contribution in [0.5, 0.6) is 0 Å². The number of ether oxygens (including phenoxy) is 2. The number of nitrogens with one attached hydrogen (secondary N) is 1. The highest BCUT2D eigenvalue weighted by atomic mass is 16.5. The van der Waals surface area contributed by atoms with Gasteiger partial charge in [-0.15, -0.1) is 0 Å². The Labute approximate surface area is 142 Å². The average Bonchev–Trinajstić information content (AvgIpc) is 2.57. The maximum atomic E-state index is 11.9. The third-order valence-electron chi connectivity index (χ3n) is 4.50. The van der Waals surface area contributed by atoms with E-state index in [0.29, 0.717) is 0 Å². The van der Waals surface area contributed by atoms with Gasteiger partial charge in [-0.25, -0.2) is 4.79 Å². The lowest BCUT2D eigenvalue weighted by Crippen LogP contribution is -2.52. The summed E-state index contributed by atoms with van der Waals surface area (Å²) in [4.78, 5) is 34.5. The SMILES string of the molecule is CCC1(OC[C@H](NC(=O)[C@@H](N)CC(=O)O)C(=O)OC)CCCCC1. The van der Waals surface area contributed by atoms with Gasteiger partial charge in [0.05, 0.1) is 31.8 Å². The van der Waals surface area contributed by atoms with E-state index in [1.165, 1.54) is 13.5 Å². The molecule has 1 aliphatic carbocycles. The van der Waals surface area contributed by atoms with E-state index in [1.807, 2.05) is 6.92 Å². The van der Waals surface area contributed by atoms with Crippen molar-refractivity contribution in [2.45, 2.75) is 69.6 Å². The van der Waals surface area contributed by atoms with Gasteiger partial charge in [-0.05, 0) is 19.3 Å². The summed E-state index contributed by atoms with van der Waals surface area (Å²) in [6, 6.07) is -2.24. The van der Waals surface area contributed by atoms with Crippen molar-refractivity contribution in [2.24, 2.45) is 5.73 Å². The standard InChI is InChI=1S/C16H28N2O6/c1-3-16(7-5-4-6-8-16)24-10-12(15(22)23-2)18-14(21)11(17)9-13(19)20/h11-12H,3-10,17H2,1-2H3,(H,18,21)(H,19,20)/t11-,12-/m0/s1. The van der Waals surface area contributed by atoms with Gasteiger partial charge >= 0.3 is 11.9 Å². The van der Waals surface area contributed by atoms with Crippen LogP contribution in [0.4, 0.5) is 0 Å². The molecule has 2 atom stereocenters. The fraction of sp³-hybridized carbons (Fsp3) is 0.812. The summed E-state index contributed by atoms with van der Waals surface area (Å²) in [6.45, 7) is 2.02. The van der Waals surface area contributed by atoms with Gasteiger partial charge in [0.25, 0.3) is 0 Å². The maximum Gasteiger partial charge on any atom is 0.330 e. The fourth-order valence-electron chi connectivity index (χ4n) is 2.93. The first-order chi connectivity index (χ1) is 11.3. The maximum absolute atomic E-state index is 11.9. The second kappa shape index (κ2) is 9.58. The predicted molar refractivity (Wildman–Crippen MR) is 86.2 cm³/mol. The first-order valence-corrected chi connectivity index (χ1v) is 8.33. The number of carbonyl (C=O) groups is 3. The highest BCUT2D eigenvalue weighted by molar-refractivity contribution is 5.89. The van der Waals surface area contributed by atoms with Gasteiger partial charge in [-0.1, -0.05) is 26.2 Å². The zero-order chi connectivity index (χ0) is 18.2. The van der Waals surface area contributed by atoms with Gasteiger partial charge in [0.2, 0.25) is 5.91 Å². The number of carboxylic acids is 1. The van der Waals surface area contributed by atoms with Crippen LogP contribution in [-0.2, 0) is 23.9 Å². The van der Waals surface area contributed by atoms with Crippen molar-refractivity contribution in [3.8, 4) is 0 Å². The van der Waals surface area contributed by atoms with Crippen molar-refractivity contribution in [1.82, 2.24) is 5.32 Å². The highest BCUT2D eigenvalue weighted by Gasteiger charge is 2.34. The third kappa shape index (κ3) is 6.09. The molecule has 1 amide bonds. The van der Waals surface area contributed by atoms with Gasteiger partial charge in [-0.3, -0.25) is 9.59 Å². The van der Waals surface area contributed by atoms with Crippen molar-refractivity contribution >= 4 is 17.8 Å². The third-order valence-corrected chi connectivity index (χ3v) is 4.50. The first kappa shape index (κ1) is 20.4. The lowest BCUT2D eigenvalue weighted by Gasteiger charge is -2.37. The molecule has 0 aromatic rings. The average molecular weight is 344 g/mol. The van der Waals surface area contributed by atoms with E-state index in [-0.39, 0.29) is 12.2 Å². The number of carboxylic acid groups (broad SMARTS) is 1. The molecule has 0 bridgehead atoms. The summed E-state index contributed by atoms with van der Waals surface area (Å²) < 4.78 is 10.7. The number of hydrogen-bond acceptors (Lipinski definition) is 6. The van der Waals surface area contributed by atoms with Gasteiger partial charge in [-0.2, -0.15) is 0 Å². The zero-order valence-electron chi connectivity index (χ0n) is 14.4. The normalized spacial score (nSPS) is 19.1. The fourth-order valence-corrected chi connectivity index (χ4v) is 2.93. The van der Waals surface area contributed by atoms with Crippen LogP contribution in [0.1, 0.15) is 51.9 Å². The lowest BCUT2D eigenvalue weighted by atomic mass is 9.83. The molecule has 0 spiro atoms. The molecule has 4 N–H and O–H groups in total. The first-order valence-electron chi connectivity index (χ1n) is 8.33. The van der Waals surface area contributed by atoms with Gasteiger partial charge < -0.3 is 25.6 Å². The molecule has 0 aromatic heterocycles. The van der Waals surface area contributed by atoms with Crippen LogP contribution >= 0.6 is 0 Å². The topological polar surface area (TPSA) is 128 Å². The second-order valence-electron chi connectivity index (χ2n) is 6.20. The minimum Gasteiger partial charge on any atom is -0.481 e. The predicted octanol–water partition coefficient (Wildman–Crippen LogP) is 0.576. The van der Waals surface area contributed by atoms with Crippen LogP contribution in [0, 0.1) is 0 Å². The number of hydrogen-bond donors (Lipinski definition) is 3. The van der Waals surface area contributed by atoms with E-state index < -0.39 is 36.4 Å². The molecular weight excluding hydrogens is 316 g/mol. The summed E-state index contributed by atoms with van der Waals surface area (Å²) in [5.41, 5.74) is 5.23. The van der Waals surface area contributed by atoms with Crippen molar-refractivity contribution in [2.75, 3.05) is 13.7 Å². The summed E-state index contributed by atoms with van der Waals surface area (Å²) >= 11 is 0. The highest BCUT2D eigenvalue weighted by Crippen LogP contribution is 2.34. The molecule has 1 fully saturated rings. The Morgan fingerprint density at radius 1 is 1.25 bits per heavy atom.